The summed E-state index contributed by atoms with van der Waals surface area (Å²) in [6.07, 6.45) is -19.6. The molecule has 0 amide bonds. The van der Waals surface area contributed by atoms with Crippen LogP contribution in [0.3, 0.4) is 0 Å². The van der Waals surface area contributed by atoms with Crippen LogP contribution in [0.2, 0.25) is 0 Å². The van der Waals surface area contributed by atoms with Gasteiger partial charge in [-0.25, -0.2) is 0 Å². The molecule has 2 nitrogen and oxygen atoms in total. The third-order valence-electron chi connectivity index (χ3n) is 2.72. The molecule has 1 atom stereocenters. The van der Waals surface area contributed by atoms with E-state index >= 15 is 0 Å². The Labute approximate surface area is 111 Å². The van der Waals surface area contributed by atoms with Gasteiger partial charge in [-0.05, 0) is 12.1 Å². The lowest BCUT2D eigenvalue weighted by atomic mass is 10.1. The van der Waals surface area contributed by atoms with Crippen molar-refractivity contribution in [3.05, 3.63) is 23.8 Å². The van der Waals surface area contributed by atoms with E-state index in [2.05, 4.69) is 0 Å². The van der Waals surface area contributed by atoms with Gasteiger partial charge in [-0.15, -0.1) is 13.2 Å². The van der Waals surface area contributed by atoms with Gasteiger partial charge in [0, 0.05) is 0 Å². The number of halogens is 9. The van der Waals surface area contributed by atoms with Crippen molar-refractivity contribution < 1.29 is 39.5 Å². The maximum atomic E-state index is 12.8. The average Bonchev–Trinajstić information content (AvgIpc) is 2.65. The zero-order valence-corrected chi connectivity index (χ0v) is 9.66. The number of nitrogens with zero attached hydrogens (tertiary/aromatic N) is 1. The van der Waals surface area contributed by atoms with Crippen LogP contribution in [0.1, 0.15) is 5.56 Å². The number of rotatable bonds is 0. The Morgan fingerprint density at radius 2 is 1.48 bits per heavy atom. The first-order valence-electron chi connectivity index (χ1n) is 5.23. The van der Waals surface area contributed by atoms with E-state index in [0.717, 1.165) is 12.1 Å². The summed E-state index contributed by atoms with van der Waals surface area (Å²) in [5.41, 5.74) is -4.26. The lowest BCUT2D eigenvalue weighted by Crippen LogP contribution is -2.53. The van der Waals surface area contributed by atoms with Gasteiger partial charge in [0.1, 0.15) is 0 Å². The predicted molar refractivity (Wildman–Crippen MR) is 53.4 cm³/mol. The van der Waals surface area contributed by atoms with E-state index in [0.29, 0.717) is 0 Å². The highest BCUT2D eigenvalue weighted by atomic mass is 19.4. The summed E-state index contributed by atoms with van der Waals surface area (Å²) in [6, 6.07) is 1.73. The number of benzene rings is 1. The van der Waals surface area contributed by atoms with Gasteiger partial charge in [0.2, 0.25) is 6.17 Å². The molecule has 21 heavy (non-hydrogen) atoms. The van der Waals surface area contributed by atoms with Gasteiger partial charge in [-0.3, -0.25) is 4.90 Å². The Morgan fingerprint density at radius 3 is 1.90 bits per heavy atom. The molecule has 1 aliphatic rings. The first-order chi connectivity index (χ1) is 9.33. The van der Waals surface area contributed by atoms with Crippen LogP contribution in [0.15, 0.2) is 18.2 Å². The molecule has 1 aromatic rings. The third kappa shape index (κ3) is 2.68. The quantitative estimate of drug-likeness (QED) is 0.564. The second-order valence-corrected chi connectivity index (χ2v) is 4.13. The maximum absolute atomic E-state index is 12.8. The van der Waals surface area contributed by atoms with E-state index in [9.17, 15) is 39.5 Å². The summed E-state index contributed by atoms with van der Waals surface area (Å²) >= 11 is 0. The summed E-state index contributed by atoms with van der Waals surface area (Å²) in [5, 5.41) is 1.42. The molecule has 0 spiro atoms. The minimum atomic E-state index is -5.64. The number of hydrogen-bond acceptors (Lipinski definition) is 2. The molecule has 1 heterocycles. The average molecular weight is 324 g/mol. The number of hydrogen-bond donors (Lipinski definition) is 1. The van der Waals surface area contributed by atoms with Crippen LogP contribution in [0.25, 0.3) is 0 Å². The standard InChI is InChI=1S/C10H5F9N2/c11-8(12,13)4-2-1-3-5-6(4)21(10(17,18)19)7(20-5)9(14,15)16/h1-3,7,20H. The Balaban J connectivity index is 2.67. The molecule has 0 bridgehead atoms. The van der Waals surface area contributed by atoms with E-state index in [1.807, 2.05) is 0 Å². The van der Waals surface area contributed by atoms with Crippen molar-refractivity contribution in [2.24, 2.45) is 0 Å². The molecule has 0 fully saturated rings. The fraction of sp³-hybridized carbons (Fsp3) is 0.400. The maximum Gasteiger partial charge on any atom is 0.486 e. The fourth-order valence-corrected chi connectivity index (χ4v) is 1.99. The Bertz CT molecular complexity index is 543. The normalized spacial score (nSPS) is 19.5. The zero-order valence-electron chi connectivity index (χ0n) is 9.66. The molecular weight excluding hydrogens is 319 g/mol. The minimum Gasteiger partial charge on any atom is -0.356 e. The Morgan fingerprint density at radius 1 is 0.905 bits per heavy atom. The largest absolute Gasteiger partial charge is 0.486 e. The van der Waals surface area contributed by atoms with Crippen LogP contribution >= 0.6 is 0 Å². The molecule has 11 heteroatoms. The molecule has 118 valence electrons. The molecule has 2 rings (SSSR count). The number of para-hydroxylation sites is 1. The highest BCUT2D eigenvalue weighted by molar-refractivity contribution is 5.80. The number of nitrogens with one attached hydrogen (secondary N) is 1. The SMILES string of the molecule is FC(F)(F)c1cccc2c1N(C(F)(F)F)C(C(F)(F)F)N2. The number of alkyl halides is 9. The van der Waals surface area contributed by atoms with Crippen LogP contribution in [0, 0.1) is 0 Å². The van der Waals surface area contributed by atoms with Crippen molar-refractivity contribution in [1.82, 2.24) is 0 Å². The van der Waals surface area contributed by atoms with Crippen molar-refractivity contribution in [2.75, 3.05) is 10.2 Å². The highest BCUT2D eigenvalue weighted by Crippen LogP contribution is 2.51. The number of anilines is 2. The fourth-order valence-electron chi connectivity index (χ4n) is 1.99. The molecule has 1 aliphatic heterocycles. The zero-order chi connectivity index (χ0) is 16.2. The van der Waals surface area contributed by atoms with Crippen LogP contribution in [0.5, 0.6) is 0 Å². The molecule has 0 saturated heterocycles. The van der Waals surface area contributed by atoms with Crippen LogP contribution in [-0.4, -0.2) is 18.6 Å². The van der Waals surface area contributed by atoms with Crippen LogP contribution < -0.4 is 10.2 Å². The summed E-state index contributed by atoms with van der Waals surface area (Å²) in [6.45, 7) is 0. The molecular formula is C10H5F9N2. The predicted octanol–water partition coefficient (Wildman–Crippen LogP) is 4.35. The van der Waals surface area contributed by atoms with Crippen LogP contribution in [0.4, 0.5) is 50.9 Å². The van der Waals surface area contributed by atoms with E-state index in [-0.39, 0.29) is 6.07 Å². The van der Waals surface area contributed by atoms with Gasteiger partial charge in [0.25, 0.3) is 0 Å². The van der Waals surface area contributed by atoms with Gasteiger partial charge in [-0.1, -0.05) is 6.07 Å². The summed E-state index contributed by atoms with van der Waals surface area (Å²) in [4.78, 5) is -1.26. The van der Waals surface area contributed by atoms with E-state index < -0.39 is 46.7 Å². The van der Waals surface area contributed by atoms with Gasteiger partial charge < -0.3 is 5.32 Å². The summed E-state index contributed by atoms with van der Waals surface area (Å²) in [7, 11) is 0. The topological polar surface area (TPSA) is 15.3 Å². The minimum absolute atomic E-state index is 0.290. The second kappa shape index (κ2) is 4.34. The first kappa shape index (κ1) is 15.6. The molecule has 1 N–H and O–H groups in total. The smallest absolute Gasteiger partial charge is 0.356 e. The molecule has 0 aromatic heterocycles. The van der Waals surface area contributed by atoms with Crippen molar-refractivity contribution in [1.29, 1.82) is 0 Å². The molecule has 0 radical (unpaired) electrons. The number of fused-ring (bicyclic) bond motifs is 1. The van der Waals surface area contributed by atoms with Crippen molar-refractivity contribution in [2.45, 2.75) is 24.8 Å². The highest BCUT2D eigenvalue weighted by Gasteiger charge is 2.59. The van der Waals surface area contributed by atoms with Gasteiger partial charge in [-0.2, -0.15) is 26.3 Å². The van der Waals surface area contributed by atoms with Gasteiger partial charge in [0.05, 0.1) is 16.9 Å². The molecule has 0 aliphatic carbocycles. The third-order valence-corrected chi connectivity index (χ3v) is 2.72. The van der Waals surface area contributed by atoms with Gasteiger partial charge >= 0.3 is 18.7 Å². The van der Waals surface area contributed by atoms with Gasteiger partial charge in [0.15, 0.2) is 0 Å². The Kier molecular flexibility index (Phi) is 3.22. The van der Waals surface area contributed by atoms with Crippen molar-refractivity contribution >= 4 is 11.4 Å². The molecule has 1 aromatic carbocycles. The Hall–Kier alpha value is -1.81. The lowest BCUT2D eigenvalue weighted by molar-refractivity contribution is -0.186. The molecule has 1 unspecified atom stereocenters. The lowest BCUT2D eigenvalue weighted by Gasteiger charge is -2.30. The van der Waals surface area contributed by atoms with E-state index in [1.54, 1.807) is 0 Å². The van der Waals surface area contributed by atoms with Crippen molar-refractivity contribution in [3.8, 4) is 0 Å². The monoisotopic (exact) mass is 324 g/mol. The van der Waals surface area contributed by atoms with E-state index in [4.69, 9.17) is 0 Å². The van der Waals surface area contributed by atoms with Crippen LogP contribution in [-0.2, 0) is 6.18 Å². The summed E-state index contributed by atoms with van der Waals surface area (Å²) < 4.78 is 115. The van der Waals surface area contributed by atoms with Crippen molar-refractivity contribution in [3.63, 3.8) is 0 Å². The van der Waals surface area contributed by atoms with E-state index in [1.165, 1.54) is 5.32 Å². The first-order valence-corrected chi connectivity index (χ1v) is 5.23. The second-order valence-electron chi connectivity index (χ2n) is 4.13. The summed E-state index contributed by atoms with van der Waals surface area (Å²) in [5.74, 6) is 0. The molecule has 0 saturated carbocycles.